The minimum atomic E-state index is -0.758. The van der Waals surface area contributed by atoms with Crippen LogP contribution in [-0.4, -0.2) is 19.6 Å². The molecule has 0 atom stereocenters. The predicted octanol–water partition coefficient (Wildman–Crippen LogP) is 2.12. The zero-order valence-corrected chi connectivity index (χ0v) is 9.59. The third-order valence-corrected chi connectivity index (χ3v) is 2.01. The van der Waals surface area contributed by atoms with Gasteiger partial charge in [0.1, 0.15) is 5.82 Å². The van der Waals surface area contributed by atoms with Gasteiger partial charge >= 0.3 is 0 Å². The van der Waals surface area contributed by atoms with Crippen molar-refractivity contribution < 1.29 is 18.3 Å². The summed E-state index contributed by atoms with van der Waals surface area (Å²) >= 11 is 0. The predicted molar refractivity (Wildman–Crippen MR) is 60.6 cm³/mol. The van der Waals surface area contributed by atoms with E-state index in [0.29, 0.717) is 0 Å². The van der Waals surface area contributed by atoms with Gasteiger partial charge in [-0.25, -0.2) is 8.78 Å². The van der Waals surface area contributed by atoms with E-state index in [1.54, 1.807) is 6.08 Å². The van der Waals surface area contributed by atoms with Crippen LogP contribution in [0, 0.1) is 11.6 Å². The zero-order chi connectivity index (χ0) is 12.8. The SMILES string of the molecule is COc1c(F)cc(F)cc1C=CCNC(C)=O. The molecule has 0 bridgehead atoms. The fourth-order valence-electron chi connectivity index (χ4n) is 1.31. The van der Waals surface area contributed by atoms with Crippen molar-refractivity contribution >= 4 is 12.0 Å². The second kappa shape index (κ2) is 5.98. The van der Waals surface area contributed by atoms with Crippen molar-refractivity contribution in [2.75, 3.05) is 13.7 Å². The number of nitrogens with one attached hydrogen (secondary N) is 1. The molecule has 0 radical (unpaired) electrons. The van der Waals surface area contributed by atoms with Crippen molar-refractivity contribution in [2.24, 2.45) is 0 Å². The van der Waals surface area contributed by atoms with Crippen LogP contribution in [0.4, 0.5) is 8.78 Å². The molecule has 1 N–H and O–H groups in total. The van der Waals surface area contributed by atoms with E-state index in [1.807, 2.05) is 0 Å². The van der Waals surface area contributed by atoms with E-state index in [4.69, 9.17) is 4.74 Å². The second-order valence-corrected chi connectivity index (χ2v) is 3.35. The summed E-state index contributed by atoms with van der Waals surface area (Å²) in [5, 5.41) is 2.53. The van der Waals surface area contributed by atoms with E-state index >= 15 is 0 Å². The molecular weight excluding hydrogens is 228 g/mol. The Bertz CT molecular complexity index is 444. The van der Waals surface area contributed by atoms with Crippen molar-refractivity contribution in [1.82, 2.24) is 5.32 Å². The Kier molecular flexibility index (Phi) is 4.63. The summed E-state index contributed by atoms with van der Waals surface area (Å²) < 4.78 is 31.1. The minimum Gasteiger partial charge on any atom is -0.493 e. The highest BCUT2D eigenvalue weighted by atomic mass is 19.1. The van der Waals surface area contributed by atoms with Gasteiger partial charge in [0.05, 0.1) is 7.11 Å². The number of ether oxygens (including phenoxy) is 1. The molecule has 1 rings (SSSR count). The van der Waals surface area contributed by atoms with Gasteiger partial charge in [-0.2, -0.15) is 0 Å². The van der Waals surface area contributed by atoms with Crippen molar-refractivity contribution in [3.05, 3.63) is 35.4 Å². The number of methoxy groups -OCH3 is 1. The highest BCUT2D eigenvalue weighted by Crippen LogP contribution is 2.24. The number of hydrogen-bond donors (Lipinski definition) is 1. The average Bonchev–Trinajstić information content (AvgIpc) is 2.23. The van der Waals surface area contributed by atoms with Crippen molar-refractivity contribution in [3.8, 4) is 5.75 Å². The van der Waals surface area contributed by atoms with Gasteiger partial charge in [0.2, 0.25) is 5.91 Å². The van der Waals surface area contributed by atoms with Crippen molar-refractivity contribution in [2.45, 2.75) is 6.92 Å². The summed E-state index contributed by atoms with van der Waals surface area (Å²) in [6.45, 7) is 1.67. The molecule has 0 saturated heterocycles. The highest BCUT2D eigenvalue weighted by molar-refractivity contribution is 5.73. The quantitative estimate of drug-likeness (QED) is 0.876. The molecule has 0 spiro atoms. The lowest BCUT2D eigenvalue weighted by Crippen LogP contribution is -2.19. The van der Waals surface area contributed by atoms with Crippen LogP contribution in [0.25, 0.3) is 6.08 Å². The van der Waals surface area contributed by atoms with E-state index in [2.05, 4.69) is 5.32 Å². The van der Waals surface area contributed by atoms with Gasteiger partial charge in [-0.1, -0.05) is 12.2 Å². The number of amides is 1. The van der Waals surface area contributed by atoms with Gasteiger partial charge in [0, 0.05) is 25.1 Å². The van der Waals surface area contributed by atoms with Crippen LogP contribution in [0.1, 0.15) is 12.5 Å². The Hall–Kier alpha value is -1.91. The van der Waals surface area contributed by atoms with E-state index < -0.39 is 11.6 Å². The molecule has 92 valence electrons. The lowest BCUT2D eigenvalue weighted by molar-refractivity contribution is -0.118. The molecule has 0 aliphatic rings. The fraction of sp³-hybridized carbons (Fsp3) is 0.250. The van der Waals surface area contributed by atoms with Gasteiger partial charge in [0.15, 0.2) is 11.6 Å². The lowest BCUT2D eigenvalue weighted by Gasteiger charge is -2.06. The molecule has 0 aliphatic carbocycles. The van der Waals surface area contributed by atoms with Crippen LogP contribution < -0.4 is 10.1 Å². The summed E-state index contributed by atoms with van der Waals surface area (Å²) in [5.74, 6) is -1.63. The van der Waals surface area contributed by atoms with Crippen molar-refractivity contribution in [1.29, 1.82) is 0 Å². The molecule has 0 fully saturated rings. The van der Waals surface area contributed by atoms with Gasteiger partial charge in [-0.05, 0) is 6.07 Å². The third-order valence-electron chi connectivity index (χ3n) is 2.01. The van der Waals surface area contributed by atoms with Gasteiger partial charge < -0.3 is 10.1 Å². The monoisotopic (exact) mass is 241 g/mol. The molecule has 1 aromatic carbocycles. The van der Waals surface area contributed by atoms with Crippen LogP contribution in [-0.2, 0) is 4.79 Å². The average molecular weight is 241 g/mol. The first-order chi connectivity index (χ1) is 8.04. The topological polar surface area (TPSA) is 38.3 Å². The molecular formula is C12H13F2NO2. The molecule has 0 aliphatic heterocycles. The number of hydrogen-bond acceptors (Lipinski definition) is 2. The van der Waals surface area contributed by atoms with Gasteiger partial charge in [-0.15, -0.1) is 0 Å². The summed E-state index contributed by atoms with van der Waals surface area (Å²) in [4.78, 5) is 10.6. The first-order valence-corrected chi connectivity index (χ1v) is 4.98. The number of carbonyl (C=O) groups excluding carboxylic acids is 1. The molecule has 17 heavy (non-hydrogen) atoms. The highest BCUT2D eigenvalue weighted by Gasteiger charge is 2.09. The summed E-state index contributed by atoms with van der Waals surface area (Å²) in [6, 6.07) is 1.91. The van der Waals surface area contributed by atoms with E-state index in [0.717, 1.165) is 12.1 Å². The molecule has 1 amide bonds. The number of carbonyl (C=O) groups is 1. The number of halogens is 2. The zero-order valence-electron chi connectivity index (χ0n) is 9.59. The maximum atomic E-state index is 13.3. The second-order valence-electron chi connectivity index (χ2n) is 3.35. The number of benzene rings is 1. The Morgan fingerprint density at radius 2 is 2.18 bits per heavy atom. The maximum Gasteiger partial charge on any atom is 0.217 e. The first-order valence-electron chi connectivity index (χ1n) is 4.98. The maximum absolute atomic E-state index is 13.3. The Morgan fingerprint density at radius 1 is 1.47 bits per heavy atom. The van der Waals surface area contributed by atoms with Crippen LogP contribution in [0.15, 0.2) is 18.2 Å². The summed E-state index contributed by atoms with van der Waals surface area (Å²) in [5.41, 5.74) is 0.287. The number of rotatable bonds is 4. The summed E-state index contributed by atoms with van der Waals surface area (Å²) in [6.07, 6.45) is 3.07. The van der Waals surface area contributed by atoms with Crippen LogP contribution in [0.5, 0.6) is 5.75 Å². The standard InChI is InChI=1S/C12H13F2NO2/c1-8(16)15-5-3-4-9-6-10(13)7-11(14)12(9)17-2/h3-4,6-7H,5H2,1-2H3,(H,15,16). The summed E-state index contributed by atoms with van der Waals surface area (Å²) in [7, 11) is 1.31. The van der Waals surface area contributed by atoms with Crippen LogP contribution in [0.2, 0.25) is 0 Å². The smallest absolute Gasteiger partial charge is 0.217 e. The van der Waals surface area contributed by atoms with E-state index in [-0.39, 0.29) is 23.8 Å². The van der Waals surface area contributed by atoms with Crippen LogP contribution >= 0.6 is 0 Å². The first kappa shape index (κ1) is 13.2. The largest absolute Gasteiger partial charge is 0.493 e. The van der Waals surface area contributed by atoms with E-state index in [9.17, 15) is 13.6 Å². The van der Waals surface area contributed by atoms with Crippen LogP contribution in [0.3, 0.4) is 0 Å². The van der Waals surface area contributed by atoms with Gasteiger partial charge in [-0.3, -0.25) is 4.79 Å². The molecule has 0 saturated carbocycles. The lowest BCUT2D eigenvalue weighted by atomic mass is 10.1. The fourth-order valence-corrected chi connectivity index (χ4v) is 1.31. The normalized spacial score (nSPS) is 10.6. The Labute approximate surface area is 98.1 Å². The van der Waals surface area contributed by atoms with E-state index in [1.165, 1.54) is 20.1 Å². The Balaban J connectivity index is 2.85. The van der Waals surface area contributed by atoms with Gasteiger partial charge in [0.25, 0.3) is 0 Å². The Morgan fingerprint density at radius 3 is 2.76 bits per heavy atom. The van der Waals surface area contributed by atoms with Crippen molar-refractivity contribution in [3.63, 3.8) is 0 Å². The third kappa shape index (κ3) is 3.86. The molecule has 0 heterocycles. The molecule has 1 aromatic rings. The molecule has 0 unspecified atom stereocenters. The molecule has 5 heteroatoms. The minimum absolute atomic E-state index is 0.0227. The molecule has 3 nitrogen and oxygen atoms in total. The molecule has 0 aromatic heterocycles.